The lowest BCUT2D eigenvalue weighted by Gasteiger charge is -2.25. The maximum atomic E-state index is 12.8. The molecule has 1 amide bonds. The minimum Gasteiger partial charge on any atom is -0.756 e. The van der Waals surface area contributed by atoms with Gasteiger partial charge >= 0.3 is 18.0 Å². The highest BCUT2D eigenvalue weighted by molar-refractivity contribution is 7.45. The quantitative estimate of drug-likeness (QED) is 0.0197. The van der Waals surface area contributed by atoms with Crippen molar-refractivity contribution < 1.29 is 80.3 Å². The average molecular weight is 1110 g/mol. The molecule has 0 saturated heterocycles. The fourth-order valence-corrected chi connectivity index (χ4v) is 8.15. The minimum absolute atomic E-state index is 0.0361. The van der Waals surface area contributed by atoms with Crippen LogP contribution in [0.5, 0.6) is 0 Å². The average Bonchev–Trinajstić information content (AvgIpc) is 3.41. The molecule has 0 radical (unpaired) electrons. The lowest BCUT2D eigenvalue weighted by molar-refractivity contribution is -0.228. The van der Waals surface area contributed by atoms with Crippen LogP contribution >= 0.6 is 7.82 Å². The van der Waals surface area contributed by atoms with Gasteiger partial charge in [-0.25, -0.2) is 4.79 Å². The number of methoxy groups -OCH3 is 1. The first-order chi connectivity index (χ1) is 37.2. The largest absolute Gasteiger partial charge is 0.756 e. The van der Waals surface area contributed by atoms with Crippen LogP contribution in [0, 0.1) is 0 Å². The molecule has 18 nitrogen and oxygen atoms in total. The number of rotatable bonds is 61. The second-order valence-electron chi connectivity index (χ2n) is 18.8. The second kappa shape index (κ2) is 60.2. The van der Waals surface area contributed by atoms with E-state index in [-0.39, 0.29) is 45.8 Å². The van der Waals surface area contributed by atoms with Crippen molar-refractivity contribution in [2.45, 2.75) is 200 Å². The lowest BCUT2D eigenvalue weighted by Crippen LogP contribution is -2.31. The van der Waals surface area contributed by atoms with Gasteiger partial charge in [-0.1, -0.05) is 141 Å². The molecule has 0 bridgehead atoms. The molecule has 0 aromatic carbocycles. The number of alkyl carbamates (subject to hydrolysis) is 1. The molecule has 448 valence electrons. The number of carbonyl (C=O) groups is 3. The third kappa shape index (κ3) is 59.2. The van der Waals surface area contributed by atoms with Crippen molar-refractivity contribution in [2.24, 2.45) is 0 Å². The van der Waals surface area contributed by atoms with E-state index in [1.807, 2.05) is 0 Å². The summed E-state index contributed by atoms with van der Waals surface area (Å²) in [6.45, 7) is 8.35. The normalized spacial score (nSPS) is 12.9. The Bertz CT molecular complexity index is 1380. The number of allylic oxidation sites excluding steroid dienone is 4. The van der Waals surface area contributed by atoms with Crippen molar-refractivity contribution in [2.75, 3.05) is 126 Å². The van der Waals surface area contributed by atoms with Gasteiger partial charge < -0.3 is 66.6 Å². The van der Waals surface area contributed by atoms with Gasteiger partial charge in [0.05, 0.1) is 99.1 Å². The van der Waals surface area contributed by atoms with Gasteiger partial charge in [0.25, 0.3) is 7.82 Å². The van der Waals surface area contributed by atoms with Crippen molar-refractivity contribution in [3.8, 4) is 0 Å². The smallest absolute Gasteiger partial charge is 0.407 e. The fraction of sp³-hybridized carbons (Fsp3) is 0.877. The van der Waals surface area contributed by atoms with Crippen LogP contribution in [0.3, 0.4) is 0 Å². The third-order valence-electron chi connectivity index (χ3n) is 11.8. The number of carbonyl (C=O) groups excluding carboxylic acids is 3. The molecule has 76 heavy (non-hydrogen) atoms. The van der Waals surface area contributed by atoms with Crippen molar-refractivity contribution in [3.05, 3.63) is 24.3 Å². The Balaban J connectivity index is 4.40. The summed E-state index contributed by atoms with van der Waals surface area (Å²) in [5, 5.41) is 2.39. The van der Waals surface area contributed by atoms with E-state index in [0.717, 1.165) is 77.0 Å². The zero-order valence-corrected chi connectivity index (χ0v) is 48.7. The van der Waals surface area contributed by atoms with Gasteiger partial charge in [0.1, 0.15) is 13.2 Å². The maximum Gasteiger partial charge on any atom is 0.407 e. The predicted octanol–water partition coefficient (Wildman–Crippen LogP) is 11.5. The number of nitrogens with one attached hydrogen (secondary N) is 1. The first-order valence-electron chi connectivity index (χ1n) is 29.3. The molecule has 2 atom stereocenters. The topological polar surface area (TPSA) is 214 Å². The van der Waals surface area contributed by atoms with E-state index in [1.54, 1.807) is 7.11 Å². The lowest BCUT2D eigenvalue weighted by atomic mass is 10.1. The Morgan fingerprint density at radius 1 is 0.434 bits per heavy atom. The third-order valence-corrected chi connectivity index (χ3v) is 12.8. The molecule has 0 aromatic heterocycles. The van der Waals surface area contributed by atoms with E-state index in [2.05, 4.69) is 43.5 Å². The monoisotopic (exact) mass is 1110 g/mol. The fourth-order valence-electron chi connectivity index (χ4n) is 7.41. The molecule has 0 aliphatic heterocycles. The van der Waals surface area contributed by atoms with Crippen LogP contribution in [0.1, 0.15) is 194 Å². The number of hydrogen-bond donors (Lipinski definition) is 1. The molecule has 19 heteroatoms. The zero-order chi connectivity index (χ0) is 55.4. The number of ether oxygens (including phenoxy) is 10. The molecular formula is C57H107NO17P-. The summed E-state index contributed by atoms with van der Waals surface area (Å²) in [4.78, 5) is 50.1. The number of esters is 2. The van der Waals surface area contributed by atoms with E-state index in [9.17, 15) is 23.8 Å². The SMILES string of the molecule is CCCCCCCC/C=C\CCCCCCCC(=O)OC[C@H](COP(=O)([O-])OCCNC(=O)OCCOCCOCCOCCOCCOCCOCCOC)OC(=O)CCCCCCC/C=C\CCCCCCCC. The summed E-state index contributed by atoms with van der Waals surface area (Å²) in [6.07, 6.45) is 37.1. The highest BCUT2D eigenvalue weighted by Gasteiger charge is 2.21. The molecule has 1 N–H and O–H groups in total. The number of amides is 1. The molecule has 0 saturated carbocycles. The summed E-state index contributed by atoms with van der Waals surface area (Å²) in [5.41, 5.74) is 0. The van der Waals surface area contributed by atoms with Crippen molar-refractivity contribution in [1.82, 2.24) is 5.32 Å². The zero-order valence-electron chi connectivity index (χ0n) is 47.8. The molecule has 0 rings (SSSR count). The second-order valence-corrected chi connectivity index (χ2v) is 20.2. The van der Waals surface area contributed by atoms with Crippen LogP contribution in [0.25, 0.3) is 0 Å². The van der Waals surface area contributed by atoms with Crippen LogP contribution in [0.15, 0.2) is 24.3 Å². The summed E-state index contributed by atoms with van der Waals surface area (Å²) in [5.74, 6) is -0.987. The van der Waals surface area contributed by atoms with E-state index in [4.69, 9.17) is 56.4 Å². The molecule has 0 spiro atoms. The highest BCUT2D eigenvalue weighted by Crippen LogP contribution is 2.38. The number of hydrogen-bond acceptors (Lipinski definition) is 17. The van der Waals surface area contributed by atoms with E-state index < -0.39 is 45.2 Å². The Morgan fingerprint density at radius 3 is 1.22 bits per heavy atom. The molecule has 0 aromatic rings. The van der Waals surface area contributed by atoms with Gasteiger partial charge in [0.15, 0.2) is 6.10 Å². The van der Waals surface area contributed by atoms with E-state index in [0.29, 0.717) is 85.5 Å². The van der Waals surface area contributed by atoms with Crippen LogP contribution in [-0.4, -0.2) is 150 Å². The Morgan fingerprint density at radius 2 is 0.803 bits per heavy atom. The van der Waals surface area contributed by atoms with E-state index in [1.165, 1.54) is 77.0 Å². The standard InChI is InChI=1S/C57H108NO17P/c1-4-6-8-10-12-14-16-18-20-22-24-26-28-30-32-34-55(59)72-52-54(75-56(60)35-33-31-29-27-25-23-21-19-17-15-13-11-9-7-5-2)53-74-76(62,63)73-37-36-58-57(61)71-51-50-70-49-48-69-47-46-68-45-44-67-43-42-66-41-40-65-39-38-64-3/h18-21,54H,4-17,22-53H2,1-3H3,(H,58,61)(H,62,63)/p-1/b20-18-,21-19-/t54-/m1/s1. The number of phosphoric acid groups is 1. The van der Waals surface area contributed by atoms with Gasteiger partial charge in [-0.05, 0) is 64.2 Å². The maximum absolute atomic E-state index is 12.8. The Hall–Kier alpha value is -2.48. The van der Waals surface area contributed by atoms with Crippen LogP contribution in [0.4, 0.5) is 4.79 Å². The van der Waals surface area contributed by atoms with Crippen LogP contribution < -0.4 is 10.2 Å². The molecule has 1 unspecified atom stereocenters. The number of phosphoric ester groups is 1. The van der Waals surface area contributed by atoms with Gasteiger partial charge in [-0.2, -0.15) is 0 Å². The van der Waals surface area contributed by atoms with Gasteiger partial charge in [-0.15, -0.1) is 0 Å². The first kappa shape index (κ1) is 73.5. The van der Waals surface area contributed by atoms with Crippen LogP contribution in [0.2, 0.25) is 0 Å². The summed E-state index contributed by atoms with van der Waals surface area (Å²) in [6, 6.07) is 0. The molecule has 0 aliphatic carbocycles. The Labute approximate surface area is 460 Å². The van der Waals surface area contributed by atoms with Crippen LogP contribution in [-0.2, 0) is 70.6 Å². The van der Waals surface area contributed by atoms with Gasteiger partial charge in [0, 0.05) is 26.5 Å². The summed E-state index contributed by atoms with van der Waals surface area (Å²) in [7, 11) is -3.27. The minimum atomic E-state index is -4.89. The predicted molar refractivity (Wildman–Crippen MR) is 295 cm³/mol. The van der Waals surface area contributed by atoms with E-state index >= 15 is 0 Å². The number of unbranched alkanes of at least 4 members (excludes halogenated alkanes) is 22. The van der Waals surface area contributed by atoms with Gasteiger partial charge in [0.2, 0.25) is 0 Å². The molecule has 0 aliphatic rings. The first-order valence-corrected chi connectivity index (χ1v) is 30.8. The van der Waals surface area contributed by atoms with Crippen molar-refractivity contribution in [1.29, 1.82) is 0 Å². The van der Waals surface area contributed by atoms with Crippen molar-refractivity contribution >= 4 is 25.9 Å². The van der Waals surface area contributed by atoms with Gasteiger partial charge in [-0.3, -0.25) is 14.2 Å². The summed E-state index contributed by atoms with van der Waals surface area (Å²) >= 11 is 0. The van der Waals surface area contributed by atoms with Crippen molar-refractivity contribution in [3.63, 3.8) is 0 Å². The summed E-state index contributed by atoms with van der Waals surface area (Å²) < 4.78 is 75.9. The molecule has 0 heterocycles. The highest BCUT2D eigenvalue weighted by atomic mass is 31.2. The molecular weight excluding hydrogens is 1000 g/mol. The molecule has 0 fully saturated rings. The Kier molecular flexibility index (Phi) is 58.2.